The van der Waals surface area contributed by atoms with Crippen LogP contribution in [-0.4, -0.2) is 19.9 Å². The molecular weight excluding hydrogens is 388 g/mol. The minimum atomic E-state index is 0.358. The smallest absolute Gasteiger partial charge is 0.157 e. The molecule has 0 fully saturated rings. The zero-order chi connectivity index (χ0) is 20.9. The Morgan fingerprint density at radius 3 is 2.45 bits per heavy atom. The van der Waals surface area contributed by atoms with Crippen molar-refractivity contribution in [3.8, 4) is 22.9 Å². The van der Waals surface area contributed by atoms with Crippen LogP contribution in [0.4, 0.5) is 0 Å². The van der Waals surface area contributed by atoms with Crippen LogP contribution in [0.15, 0.2) is 91.3 Å². The Balaban J connectivity index is 1.46. The highest BCUT2D eigenvalue weighted by molar-refractivity contribution is 5.78. The maximum absolute atomic E-state index is 6.09. The molecule has 0 radical (unpaired) electrons. The van der Waals surface area contributed by atoms with E-state index in [4.69, 9.17) is 9.47 Å². The lowest BCUT2D eigenvalue weighted by atomic mass is 10.1. The second-order valence-electron chi connectivity index (χ2n) is 7.00. The monoisotopic (exact) mass is 408 g/mol. The third-order valence-electron chi connectivity index (χ3n) is 4.81. The molecule has 0 aliphatic heterocycles. The Bertz CT molecular complexity index is 1250. The zero-order valence-corrected chi connectivity index (χ0v) is 16.7. The van der Waals surface area contributed by atoms with Gasteiger partial charge in [0.15, 0.2) is 5.65 Å². The Kier molecular flexibility index (Phi) is 5.26. The summed E-state index contributed by atoms with van der Waals surface area (Å²) < 4.78 is 12.1. The summed E-state index contributed by atoms with van der Waals surface area (Å²) in [5, 5.41) is 0. The number of nitrogens with one attached hydrogen (secondary N) is 1. The Hall–Kier alpha value is -4.19. The number of imidazole rings is 1. The van der Waals surface area contributed by atoms with E-state index in [1.165, 1.54) is 0 Å². The van der Waals surface area contributed by atoms with Crippen molar-refractivity contribution < 1.29 is 9.47 Å². The molecule has 0 unspecified atom stereocenters. The van der Waals surface area contributed by atoms with Gasteiger partial charge in [0.25, 0.3) is 0 Å². The zero-order valence-electron chi connectivity index (χ0n) is 16.7. The van der Waals surface area contributed by atoms with Gasteiger partial charge in [0.05, 0.1) is 11.3 Å². The average molecular weight is 408 g/mol. The van der Waals surface area contributed by atoms with E-state index in [2.05, 4.69) is 19.9 Å². The highest BCUT2D eigenvalue weighted by Crippen LogP contribution is 2.33. The van der Waals surface area contributed by atoms with Crippen molar-refractivity contribution in [1.82, 2.24) is 19.9 Å². The standard InChI is InChI=1S/C25H20N4O2/c1-2-7-18(8-3-1)16-30-20-11-12-23(31-17-19-9-4-5-13-26-19)21(15-20)24-28-22-10-6-14-27-25(22)29-24/h1-15H,16-17H2,(H,27,28,29). The van der Waals surface area contributed by atoms with E-state index in [-0.39, 0.29) is 0 Å². The Morgan fingerprint density at radius 2 is 1.61 bits per heavy atom. The maximum Gasteiger partial charge on any atom is 0.157 e. The van der Waals surface area contributed by atoms with E-state index < -0.39 is 0 Å². The molecule has 2 aromatic carbocycles. The van der Waals surface area contributed by atoms with E-state index in [1.54, 1.807) is 12.4 Å². The molecule has 5 rings (SSSR count). The molecule has 3 heterocycles. The molecule has 0 spiro atoms. The van der Waals surface area contributed by atoms with Gasteiger partial charge in [0.1, 0.15) is 36.1 Å². The minimum Gasteiger partial charge on any atom is -0.489 e. The summed E-state index contributed by atoms with van der Waals surface area (Å²) in [6.07, 6.45) is 3.49. The van der Waals surface area contributed by atoms with E-state index in [0.29, 0.717) is 24.8 Å². The van der Waals surface area contributed by atoms with Gasteiger partial charge in [-0.2, -0.15) is 0 Å². The summed E-state index contributed by atoms with van der Waals surface area (Å²) in [4.78, 5) is 16.6. The molecule has 0 aliphatic carbocycles. The second-order valence-corrected chi connectivity index (χ2v) is 7.00. The predicted octanol–water partition coefficient (Wildman–Crippen LogP) is 5.18. The van der Waals surface area contributed by atoms with Crippen molar-refractivity contribution in [1.29, 1.82) is 0 Å². The molecule has 3 aromatic heterocycles. The first-order valence-corrected chi connectivity index (χ1v) is 10.00. The molecule has 6 heteroatoms. The fourth-order valence-electron chi connectivity index (χ4n) is 3.26. The van der Waals surface area contributed by atoms with Crippen molar-refractivity contribution in [2.45, 2.75) is 13.2 Å². The first-order valence-electron chi connectivity index (χ1n) is 10.00. The van der Waals surface area contributed by atoms with E-state index in [9.17, 15) is 0 Å². The lowest BCUT2D eigenvalue weighted by Crippen LogP contribution is -2.00. The first-order chi connectivity index (χ1) is 15.3. The third kappa shape index (κ3) is 4.38. The minimum absolute atomic E-state index is 0.358. The fraction of sp³-hybridized carbons (Fsp3) is 0.0800. The second kappa shape index (κ2) is 8.67. The number of aromatic amines is 1. The molecule has 0 atom stereocenters. The van der Waals surface area contributed by atoms with E-state index in [1.807, 2.05) is 78.9 Å². The molecule has 1 N–H and O–H groups in total. The molecule has 0 amide bonds. The number of fused-ring (bicyclic) bond motifs is 1. The SMILES string of the molecule is c1ccc(COc2ccc(OCc3ccccn3)c(-c3nc4cccnc4[nH]3)c2)cc1. The number of pyridine rings is 2. The third-order valence-corrected chi connectivity index (χ3v) is 4.81. The number of ether oxygens (including phenoxy) is 2. The van der Waals surface area contributed by atoms with Crippen LogP contribution in [-0.2, 0) is 13.2 Å². The molecular formula is C25H20N4O2. The van der Waals surface area contributed by atoms with Gasteiger partial charge in [0, 0.05) is 12.4 Å². The number of hydrogen-bond donors (Lipinski definition) is 1. The Labute approximate surface area is 179 Å². The number of rotatable bonds is 7. The van der Waals surface area contributed by atoms with Gasteiger partial charge >= 0.3 is 0 Å². The van der Waals surface area contributed by atoms with Gasteiger partial charge in [-0.15, -0.1) is 0 Å². The number of H-pyrrole nitrogens is 1. The van der Waals surface area contributed by atoms with Gasteiger partial charge in [0.2, 0.25) is 0 Å². The summed E-state index contributed by atoms with van der Waals surface area (Å²) in [7, 11) is 0. The van der Waals surface area contributed by atoms with Crippen LogP contribution in [0.5, 0.6) is 11.5 Å². The molecule has 31 heavy (non-hydrogen) atoms. The van der Waals surface area contributed by atoms with Crippen LogP contribution in [0.2, 0.25) is 0 Å². The van der Waals surface area contributed by atoms with E-state index >= 15 is 0 Å². The molecule has 6 nitrogen and oxygen atoms in total. The predicted molar refractivity (Wildman–Crippen MR) is 119 cm³/mol. The van der Waals surface area contributed by atoms with Crippen LogP contribution in [0.25, 0.3) is 22.6 Å². The normalized spacial score (nSPS) is 10.8. The quantitative estimate of drug-likeness (QED) is 0.402. The summed E-state index contributed by atoms with van der Waals surface area (Å²) >= 11 is 0. The topological polar surface area (TPSA) is 72.9 Å². The van der Waals surface area contributed by atoms with Crippen LogP contribution < -0.4 is 9.47 Å². The fourth-order valence-corrected chi connectivity index (χ4v) is 3.26. The molecule has 152 valence electrons. The lowest BCUT2D eigenvalue weighted by Gasteiger charge is -2.13. The van der Waals surface area contributed by atoms with Gasteiger partial charge in [-0.25, -0.2) is 9.97 Å². The van der Waals surface area contributed by atoms with Crippen molar-refractivity contribution in [3.63, 3.8) is 0 Å². The van der Waals surface area contributed by atoms with E-state index in [0.717, 1.165) is 33.7 Å². The Morgan fingerprint density at radius 1 is 0.742 bits per heavy atom. The largest absolute Gasteiger partial charge is 0.489 e. The number of aromatic nitrogens is 4. The summed E-state index contributed by atoms with van der Waals surface area (Å²) in [6, 6.07) is 25.4. The molecule has 0 saturated heterocycles. The first kappa shape index (κ1) is 18.8. The van der Waals surface area contributed by atoms with Gasteiger partial charge in [-0.3, -0.25) is 4.98 Å². The number of nitrogens with zero attached hydrogens (tertiary/aromatic N) is 3. The van der Waals surface area contributed by atoms with Crippen LogP contribution in [0.1, 0.15) is 11.3 Å². The van der Waals surface area contributed by atoms with Crippen LogP contribution >= 0.6 is 0 Å². The number of benzene rings is 2. The van der Waals surface area contributed by atoms with Crippen LogP contribution in [0.3, 0.4) is 0 Å². The molecule has 0 aliphatic rings. The van der Waals surface area contributed by atoms with Crippen molar-refractivity contribution in [2.24, 2.45) is 0 Å². The average Bonchev–Trinajstić information content (AvgIpc) is 3.27. The highest BCUT2D eigenvalue weighted by Gasteiger charge is 2.14. The molecule has 5 aromatic rings. The van der Waals surface area contributed by atoms with Gasteiger partial charge < -0.3 is 14.5 Å². The maximum atomic E-state index is 6.09. The number of hydrogen-bond acceptors (Lipinski definition) is 5. The molecule has 0 saturated carbocycles. The lowest BCUT2D eigenvalue weighted by molar-refractivity contribution is 0.295. The summed E-state index contributed by atoms with van der Waals surface area (Å²) in [6.45, 7) is 0.840. The van der Waals surface area contributed by atoms with Crippen molar-refractivity contribution >= 4 is 11.2 Å². The van der Waals surface area contributed by atoms with Crippen LogP contribution in [0, 0.1) is 0 Å². The van der Waals surface area contributed by atoms with Crippen molar-refractivity contribution in [3.05, 3.63) is 103 Å². The summed E-state index contributed by atoms with van der Waals surface area (Å²) in [5.41, 5.74) is 4.28. The van der Waals surface area contributed by atoms with Crippen molar-refractivity contribution in [2.75, 3.05) is 0 Å². The van der Waals surface area contributed by atoms with Gasteiger partial charge in [-0.1, -0.05) is 36.4 Å². The molecule has 0 bridgehead atoms. The van der Waals surface area contributed by atoms with Gasteiger partial charge in [-0.05, 0) is 48.0 Å². The summed E-state index contributed by atoms with van der Waals surface area (Å²) in [5.74, 6) is 2.10. The highest BCUT2D eigenvalue weighted by atomic mass is 16.5.